The van der Waals surface area contributed by atoms with Crippen LogP contribution in [0.4, 0.5) is 0 Å². The molecule has 112 valence electrons. The molecule has 0 radical (unpaired) electrons. The van der Waals surface area contributed by atoms with Crippen molar-refractivity contribution in [1.29, 1.82) is 5.26 Å². The molecule has 1 heterocycles. The maximum absolute atomic E-state index is 12.4. The van der Waals surface area contributed by atoms with E-state index in [1.807, 2.05) is 37.3 Å². The Morgan fingerprint density at radius 2 is 2.05 bits per heavy atom. The number of carbonyl (C=O) groups is 1. The van der Waals surface area contributed by atoms with Crippen LogP contribution >= 0.6 is 0 Å². The number of hydrogen-bond acceptors (Lipinski definition) is 4. The quantitative estimate of drug-likeness (QED) is 0.909. The molecular weight excluding hydrogens is 276 g/mol. The molecule has 0 saturated carbocycles. The van der Waals surface area contributed by atoms with Crippen LogP contribution < -0.4 is 5.73 Å². The van der Waals surface area contributed by atoms with Gasteiger partial charge >= 0.3 is 0 Å². The summed E-state index contributed by atoms with van der Waals surface area (Å²) in [6.07, 6.45) is 2.00. The summed E-state index contributed by atoms with van der Waals surface area (Å²) in [6, 6.07) is 12.0. The first kappa shape index (κ1) is 14.4. The fourth-order valence-corrected chi connectivity index (χ4v) is 3.35. The molecule has 1 aromatic rings. The minimum atomic E-state index is -0.316. The molecule has 0 bridgehead atoms. The van der Waals surface area contributed by atoms with Crippen LogP contribution in [0.2, 0.25) is 0 Å². The van der Waals surface area contributed by atoms with E-state index in [0.717, 1.165) is 12.0 Å². The first-order chi connectivity index (χ1) is 10.6. The summed E-state index contributed by atoms with van der Waals surface area (Å²) in [7, 11) is 0. The summed E-state index contributed by atoms with van der Waals surface area (Å²) in [5.41, 5.74) is 8.03. The molecule has 0 fully saturated rings. The molecule has 0 unspecified atom stereocenters. The second-order valence-electron chi connectivity index (χ2n) is 5.78. The molecule has 4 nitrogen and oxygen atoms in total. The molecule has 0 aromatic heterocycles. The molecule has 3 rings (SSSR count). The maximum atomic E-state index is 12.4. The SMILES string of the molecule is C[C@@H](c1ccccc1)[C@H]1C(C#N)=C(N)OC2=C1C(=O)CCC2. The molecule has 0 spiro atoms. The first-order valence-corrected chi connectivity index (χ1v) is 7.52. The Labute approximate surface area is 129 Å². The number of ether oxygens (including phenoxy) is 1. The molecule has 2 aliphatic rings. The van der Waals surface area contributed by atoms with Crippen molar-refractivity contribution >= 4 is 5.78 Å². The predicted molar refractivity (Wildman–Crippen MR) is 82.1 cm³/mol. The van der Waals surface area contributed by atoms with E-state index in [1.54, 1.807) is 0 Å². The van der Waals surface area contributed by atoms with E-state index in [4.69, 9.17) is 10.5 Å². The van der Waals surface area contributed by atoms with Crippen molar-refractivity contribution in [2.24, 2.45) is 11.7 Å². The number of nitrogens with zero attached hydrogens (tertiary/aromatic N) is 1. The van der Waals surface area contributed by atoms with Gasteiger partial charge in [0.15, 0.2) is 5.78 Å². The number of Topliss-reactive ketones (excluding diaryl/α,β-unsaturated/α-hetero) is 1. The highest BCUT2D eigenvalue weighted by Crippen LogP contribution is 2.44. The lowest BCUT2D eigenvalue weighted by Crippen LogP contribution is -2.31. The second-order valence-corrected chi connectivity index (χ2v) is 5.78. The van der Waals surface area contributed by atoms with Crippen molar-refractivity contribution in [3.8, 4) is 6.07 Å². The fraction of sp³-hybridized carbons (Fsp3) is 0.333. The molecule has 1 aliphatic carbocycles. The van der Waals surface area contributed by atoms with Crippen molar-refractivity contribution in [2.45, 2.75) is 32.1 Å². The molecule has 2 N–H and O–H groups in total. The molecule has 2 atom stereocenters. The zero-order valence-corrected chi connectivity index (χ0v) is 12.5. The first-order valence-electron chi connectivity index (χ1n) is 7.52. The average molecular weight is 294 g/mol. The standard InChI is InChI=1S/C18H18N2O2/c1-11(12-6-3-2-4-7-12)16-13(10-19)18(20)22-15-9-5-8-14(21)17(15)16/h2-4,6-7,11,16H,5,8-9,20H2,1H3/t11-,16-/m0/s1. The van der Waals surface area contributed by atoms with Crippen molar-refractivity contribution in [1.82, 2.24) is 0 Å². The number of benzene rings is 1. The van der Waals surface area contributed by atoms with E-state index in [9.17, 15) is 10.1 Å². The summed E-state index contributed by atoms with van der Waals surface area (Å²) in [4.78, 5) is 12.4. The van der Waals surface area contributed by atoms with Gasteiger partial charge in [0.2, 0.25) is 5.88 Å². The Balaban J connectivity index is 2.11. The highest BCUT2D eigenvalue weighted by Gasteiger charge is 2.40. The molecule has 22 heavy (non-hydrogen) atoms. The van der Waals surface area contributed by atoms with E-state index in [1.165, 1.54) is 0 Å². The van der Waals surface area contributed by atoms with Gasteiger partial charge in [-0.1, -0.05) is 37.3 Å². The molecule has 4 heteroatoms. The van der Waals surface area contributed by atoms with E-state index in [-0.39, 0.29) is 23.5 Å². The fourth-order valence-electron chi connectivity index (χ4n) is 3.35. The summed E-state index contributed by atoms with van der Waals surface area (Å²) in [5, 5.41) is 9.50. The van der Waals surface area contributed by atoms with Crippen molar-refractivity contribution in [3.05, 3.63) is 58.7 Å². The number of ketones is 1. The predicted octanol–water partition coefficient (Wildman–Crippen LogP) is 3.14. The van der Waals surface area contributed by atoms with Gasteiger partial charge in [-0.3, -0.25) is 4.79 Å². The minimum Gasteiger partial charge on any atom is -0.444 e. The maximum Gasteiger partial charge on any atom is 0.204 e. The highest BCUT2D eigenvalue weighted by molar-refractivity contribution is 5.98. The van der Waals surface area contributed by atoms with Gasteiger partial charge in [0.25, 0.3) is 0 Å². The van der Waals surface area contributed by atoms with Gasteiger partial charge in [-0.25, -0.2) is 0 Å². The Bertz CT molecular complexity index is 710. The van der Waals surface area contributed by atoms with E-state index in [2.05, 4.69) is 6.07 Å². The van der Waals surface area contributed by atoms with Gasteiger partial charge in [0.05, 0.1) is 5.57 Å². The zero-order valence-electron chi connectivity index (χ0n) is 12.5. The van der Waals surface area contributed by atoms with E-state index in [0.29, 0.717) is 29.7 Å². The number of nitrogens with two attached hydrogens (primary N) is 1. The topological polar surface area (TPSA) is 76.1 Å². The van der Waals surface area contributed by atoms with E-state index < -0.39 is 0 Å². The normalized spacial score (nSPS) is 22.7. The Morgan fingerprint density at radius 3 is 2.73 bits per heavy atom. The van der Waals surface area contributed by atoms with Crippen LogP contribution in [0.15, 0.2) is 53.1 Å². The minimum absolute atomic E-state index is 0.00894. The van der Waals surface area contributed by atoms with Gasteiger partial charge in [-0.05, 0) is 17.9 Å². The average Bonchev–Trinajstić information content (AvgIpc) is 2.54. The van der Waals surface area contributed by atoms with Gasteiger partial charge in [0.1, 0.15) is 11.8 Å². The van der Waals surface area contributed by atoms with Crippen LogP contribution in [0, 0.1) is 17.2 Å². The third-order valence-corrected chi connectivity index (χ3v) is 4.47. The van der Waals surface area contributed by atoms with Gasteiger partial charge in [-0.2, -0.15) is 5.26 Å². The van der Waals surface area contributed by atoms with Crippen molar-refractivity contribution < 1.29 is 9.53 Å². The number of rotatable bonds is 2. The van der Waals surface area contributed by atoms with E-state index >= 15 is 0 Å². The van der Waals surface area contributed by atoms with Crippen LogP contribution in [0.3, 0.4) is 0 Å². The molecule has 0 saturated heterocycles. The van der Waals surface area contributed by atoms with Crippen LogP contribution in [0.1, 0.15) is 37.7 Å². The van der Waals surface area contributed by atoms with Gasteiger partial charge in [-0.15, -0.1) is 0 Å². The largest absolute Gasteiger partial charge is 0.444 e. The third-order valence-electron chi connectivity index (χ3n) is 4.47. The monoisotopic (exact) mass is 294 g/mol. The second kappa shape index (κ2) is 5.69. The Hall–Kier alpha value is -2.54. The lowest BCUT2D eigenvalue weighted by molar-refractivity contribution is -0.117. The molecule has 0 amide bonds. The molecular formula is C18H18N2O2. The zero-order chi connectivity index (χ0) is 15.7. The summed E-state index contributed by atoms with van der Waals surface area (Å²) in [6.45, 7) is 2.03. The number of hydrogen-bond donors (Lipinski definition) is 1. The summed E-state index contributed by atoms with van der Waals surface area (Å²) < 4.78 is 5.57. The van der Waals surface area contributed by atoms with Crippen LogP contribution in [0.5, 0.6) is 0 Å². The summed E-state index contributed by atoms with van der Waals surface area (Å²) in [5.74, 6) is 0.549. The van der Waals surface area contributed by atoms with Crippen molar-refractivity contribution in [2.75, 3.05) is 0 Å². The van der Waals surface area contributed by atoms with Crippen LogP contribution in [0.25, 0.3) is 0 Å². The van der Waals surface area contributed by atoms with Gasteiger partial charge < -0.3 is 10.5 Å². The number of nitriles is 1. The van der Waals surface area contributed by atoms with Gasteiger partial charge in [0, 0.05) is 24.3 Å². The molecule has 1 aromatic carbocycles. The highest BCUT2D eigenvalue weighted by atomic mass is 16.5. The number of allylic oxidation sites excluding steroid dienone is 3. The van der Waals surface area contributed by atoms with Crippen LogP contribution in [-0.4, -0.2) is 5.78 Å². The summed E-state index contributed by atoms with van der Waals surface area (Å²) >= 11 is 0. The Morgan fingerprint density at radius 1 is 1.32 bits per heavy atom. The smallest absolute Gasteiger partial charge is 0.204 e. The lowest BCUT2D eigenvalue weighted by Gasteiger charge is -2.34. The number of carbonyl (C=O) groups excluding carboxylic acids is 1. The van der Waals surface area contributed by atoms with Crippen molar-refractivity contribution in [3.63, 3.8) is 0 Å². The Kier molecular flexibility index (Phi) is 3.72. The van der Waals surface area contributed by atoms with Crippen LogP contribution in [-0.2, 0) is 9.53 Å². The third kappa shape index (κ3) is 2.29. The molecule has 1 aliphatic heterocycles. The lowest BCUT2D eigenvalue weighted by atomic mass is 9.73.